The number of non-ortho nitro benzene ring substituents is 1. The number of ether oxygens (including phenoxy) is 2. The Kier molecular flexibility index (Phi) is 6.43. The molecule has 1 aromatic heterocycles. The summed E-state index contributed by atoms with van der Waals surface area (Å²) in [6.07, 6.45) is 1.55. The number of carbonyl (C=O) groups excluding carboxylic acids is 2. The van der Waals surface area contributed by atoms with Crippen LogP contribution in [0.2, 0.25) is 0 Å². The Morgan fingerprint density at radius 2 is 1.91 bits per heavy atom. The van der Waals surface area contributed by atoms with Crippen LogP contribution in [0, 0.1) is 10.1 Å². The maximum Gasteiger partial charge on any atom is 0.338 e. The summed E-state index contributed by atoms with van der Waals surface area (Å²) in [5, 5.41) is 11.1. The maximum absolute atomic E-state index is 13.5. The van der Waals surface area contributed by atoms with Crippen LogP contribution in [-0.2, 0) is 14.3 Å². The van der Waals surface area contributed by atoms with Crippen LogP contribution < -0.4 is 19.6 Å². The summed E-state index contributed by atoms with van der Waals surface area (Å²) in [6, 6.07) is 11.5. The molecule has 11 heteroatoms. The zero-order valence-corrected chi connectivity index (χ0v) is 19.7. The second kappa shape index (κ2) is 9.47. The van der Waals surface area contributed by atoms with Gasteiger partial charge in [0.1, 0.15) is 5.75 Å². The lowest BCUT2D eigenvalue weighted by molar-refractivity contribution is -0.384. The van der Waals surface area contributed by atoms with Crippen molar-refractivity contribution in [2.75, 3.05) is 7.11 Å². The smallest absolute Gasteiger partial charge is 0.338 e. The number of fused-ring (bicyclic) bond motifs is 1. The molecule has 3 aromatic rings. The van der Waals surface area contributed by atoms with Crippen molar-refractivity contribution in [3.8, 4) is 5.75 Å². The Hall–Kier alpha value is -4.38. The number of methoxy groups -OCH3 is 1. The average molecular weight is 493 g/mol. The molecule has 178 valence electrons. The molecule has 1 aliphatic rings. The van der Waals surface area contributed by atoms with Crippen LogP contribution in [0.4, 0.5) is 5.69 Å². The van der Waals surface area contributed by atoms with Crippen molar-refractivity contribution in [3.05, 3.63) is 101 Å². The number of nitro groups is 1. The molecule has 0 spiro atoms. The third-order valence-electron chi connectivity index (χ3n) is 5.26. The minimum atomic E-state index is -0.836. The van der Waals surface area contributed by atoms with Gasteiger partial charge in [-0.2, -0.15) is 0 Å². The fourth-order valence-corrected chi connectivity index (χ4v) is 4.82. The van der Waals surface area contributed by atoms with Crippen LogP contribution in [0.15, 0.2) is 69.6 Å². The summed E-state index contributed by atoms with van der Waals surface area (Å²) in [4.78, 5) is 52.9. The summed E-state index contributed by atoms with van der Waals surface area (Å²) < 4.78 is 11.7. The standard InChI is InChI=1S/C24H19N3O7S/c1-13-20(23(30)33-3)21(16-7-9-18(10-8-16)34-14(2)28)26-22(29)19(35-24(26)25-13)12-15-5-4-6-17(11-15)27(31)32/h4-12,21H,1-3H3/b19-12-/t21-/m0/s1. The molecule has 0 fully saturated rings. The Bertz CT molecular complexity index is 1570. The van der Waals surface area contributed by atoms with Gasteiger partial charge in [0.05, 0.1) is 33.9 Å². The molecule has 0 radical (unpaired) electrons. The molecule has 0 saturated heterocycles. The van der Waals surface area contributed by atoms with E-state index in [-0.39, 0.29) is 11.3 Å². The van der Waals surface area contributed by atoms with Gasteiger partial charge >= 0.3 is 11.9 Å². The van der Waals surface area contributed by atoms with Gasteiger partial charge in [0.2, 0.25) is 0 Å². The van der Waals surface area contributed by atoms with E-state index in [0.29, 0.717) is 31.9 Å². The fraction of sp³-hybridized carbons (Fsp3) is 0.167. The molecule has 0 unspecified atom stereocenters. The minimum absolute atomic E-state index is 0.0962. The zero-order valence-electron chi connectivity index (χ0n) is 18.9. The number of esters is 2. The molecule has 0 N–H and O–H groups in total. The average Bonchev–Trinajstić information content (AvgIpc) is 3.12. The van der Waals surface area contributed by atoms with E-state index in [1.165, 1.54) is 36.8 Å². The van der Waals surface area contributed by atoms with E-state index in [1.807, 2.05) is 0 Å². The first-order valence-corrected chi connectivity index (χ1v) is 11.1. The van der Waals surface area contributed by atoms with Gasteiger partial charge in [0.25, 0.3) is 11.2 Å². The van der Waals surface area contributed by atoms with Crippen molar-refractivity contribution >= 4 is 35.0 Å². The topological polar surface area (TPSA) is 130 Å². The van der Waals surface area contributed by atoms with Gasteiger partial charge in [-0.15, -0.1) is 0 Å². The highest BCUT2D eigenvalue weighted by Crippen LogP contribution is 2.31. The summed E-state index contributed by atoms with van der Waals surface area (Å²) in [7, 11) is 1.25. The fourth-order valence-electron chi connectivity index (χ4n) is 3.77. The first-order valence-electron chi connectivity index (χ1n) is 10.3. The summed E-state index contributed by atoms with van der Waals surface area (Å²) in [5.41, 5.74) is 1.15. The van der Waals surface area contributed by atoms with Gasteiger partial charge < -0.3 is 9.47 Å². The Morgan fingerprint density at radius 3 is 2.54 bits per heavy atom. The number of nitro benzene ring substituents is 1. The quantitative estimate of drug-likeness (QED) is 0.231. The van der Waals surface area contributed by atoms with Gasteiger partial charge in [-0.3, -0.25) is 24.3 Å². The lowest BCUT2D eigenvalue weighted by atomic mass is 9.96. The molecule has 0 saturated carbocycles. The van der Waals surface area contributed by atoms with Crippen LogP contribution in [0.5, 0.6) is 5.75 Å². The third kappa shape index (κ3) is 4.66. The highest BCUT2D eigenvalue weighted by molar-refractivity contribution is 7.07. The van der Waals surface area contributed by atoms with Crippen LogP contribution in [0.3, 0.4) is 0 Å². The van der Waals surface area contributed by atoms with Crippen molar-refractivity contribution in [3.63, 3.8) is 0 Å². The maximum atomic E-state index is 13.5. The van der Waals surface area contributed by atoms with Crippen molar-refractivity contribution in [1.82, 2.24) is 4.57 Å². The van der Waals surface area contributed by atoms with Gasteiger partial charge in [-0.1, -0.05) is 35.6 Å². The van der Waals surface area contributed by atoms with E-state index < -0.39 is 28.5 Å². The summed E-state index contributed by atoms with van der Waals surface area (Å²) in [6.45, 7) is 2.94. The largest absolute Gasteiger partial charge is 0.466 e. The number of rotatable bonds is 5. The minimum Gasteiger partial charge on any atom is -0.466 e. The zero-order chi connectivity index (χ0) is 25.3. The Morgan fingerprint density at radius 1 is 1.20 bits per heavy atom. The number of aromatic nitrogens is 1. The molecule has 1 atom stereocenters. The van der Waals surface area contributed by atoms with Gasteiger partial charge in [0, 0.05) is 19.1 Å². The summed E-state index contributed by atoms with van der Waals surface area (Å²) >= 11 is 1.11. The van der Waals surface area contributed by atoms with Gasteiger partial charge in [-0.05, 0) is 36.3 Å². The molecule has 2 aromatic carbocycles. The van der Waals surface area contributed by atoms with Crippen LogP contribution in [0.25, 0.3) is 6.08 Å². The van der Waals surface area contributed by atoms with Crippen molar-refractivity contribution in [1.29, 1.82) is 0 Å². The van der Waals surface area contributed by atoms with E-state index in [9.17, 15) is 24.5 Å². The Balaban J connectivity index is 1.90. The SMILES string of the molecule is COC(=O)C1=C(C)N=c2s/c(=C\c3cccc([N+](=O)[O-])c3)c(=O)n2[C@H]1c1ccc(OC(C)=O)cc1. The van der Waals surface area contributed by atoms with E-state index >= 15 is 0 Å². The van der Waals surface area contributed by atoms with Crippen LogP contribution in [-0.4, -0.2) is 28.5 Å². The predicted octanol–water partition coefficient (Wildman–Crippen LogP) is 2.24. The molecule has 2 heterocycles. The van der Waals surface area contributed by atoms with E-state index in [0.717, 1.165) is 11.3 Å². The molecule has 1 aliphatic heterocycles. The third-order valence-corrected chi connectivity index (χ3v) is 6.25. The molecule has 4 rings (SSSR count). The predicted molar refractivity (Wildman–Crippen MR) is 127 cm³/mol. The first-order chi connectivity index (χ1) is 16.7. The van der Waals surface area contributed by atoms with Crippen molar-refractivity contribution < 1.29 is 24.0 Å². The number of hydrogen-bond donors (Lipinski definition) is 0. The molecule has 35 heavy (non-hydrogen) atoms. The lowest BCUT2D eigenvalue weighted by Gasteiger charge is -2.24. The van der Waals surface area contributed by atoms with Crippen molar-refractivity contribution in [2.24, 2.45) is 4.99 Å². The monoisotopic (exact) mass is 493 g/mol. The van der Waals surface area contributed by atoms with Crippen LogP contribution in [0.1, 0.15) is 31.0 Å². The number of hydrogen-bond acceptors (Lipinski definition) is 9. The number of nitrogens with zero attached hydrogens (tertiary/aromatic N) is 3. The molecule has 10 nitrogen and oxygen atoms in total. The molecule has 0 bridgehead atoms. The lowest BCUT2D eigenvalue weighted by Crippen LogP contribution is -2.39. The highest BCUT2D eigenvalue weighted by atomic mass is 32.1. The normalized spacial score (nSPS) is 15.3. The first kappa shape index (κ1) is 23.8. The number of carbonyl (C=O) groups is 2. The second-order valence-corrected chi connectivity index (χ2v) is 8.60. The highest BCUT2D eigenvalue weighted by Gasteiger charge is 2.33. The van der Waals surface area contributed by atoms with E-state index in [4.69, 9.17) is 9.47 Å². The molecule has 0 amide bonds. The second-order valence-electron chi connectivity index (χ2n) is 7.59. The summed E-state index contributed by atoms with van der Waals surface area (Å²) in [5.74, 6) is -0.786. The van der Waals surface area contributed by atoms with Crippen molar-refractivity contribution in [2.45, 2.75) is 19.9 Å². The molecular weight excluding hydrogens is 474 g/mol. The van der Waals surface area contributed by atoms with E-state index in [2.05, 4.69) is 4.99 Å². The number of allylic oxidation sites excluding steroid dienone is 1. The number of benzene rings is 2. The Labute approximate surface area is 202 Å². The number of thiazole rings is 1. The van der Waals surface area contributed by atoms with Gasteiger partial charge in [0.15, 0.2) is 4.80 Å². The van der Waals surface area contributed by atoms with Gasteiger partial charge in [-0.25, -0.2) is 9.79 Å². The van der Waals surface area contributed by atoms with E-state index in [1.54, 1.807) is 43.3 Å². The molecule has 0 aliphatic carbocycles. The molecular formula is C24H19N3O7S. The van der Waals surface area contributed by atoms with Crippen LogP contribution >= 0.6 is 11.3 Å².